The Labute approximate surface area is 114 Å². The summed E-state index contributed by atoms with van der Waals surface area (Å²) in [5.41, 5.74) is -0.128. The molecule has 1 heterocycles. The van der Waals surface area contributed by atoms with Crippen LogP contribution in [0.2, 0.25) is 0 Å². The molecule has 0 atom stereocenters. The van der Waals surface area contributed by atoms with Gasteiger partial charge in [-0.15, -0.1) is 0 Å². The molecule has 0 N–H and O–H groups in total. The zero-order valence-corrected chi connectivity index (χ0v) is 12.1. The zero-order valence-electron chi connectivity index (χ0n) is 10.4. The number of thioether (sulfide) groups is 1. The lowest BCUT2D eigenvalue weighted by atomic mass is 10.4. The largest absolute Gasteiger partial charge is 0.363 e. The van der Waals surface area contributed by atoms with Gasteiger partial charge in [0.2, 0.25) is 5.82 Å². The van der Waals surface area contributed by atoms with E-state index in [4.69, 9.17) is 12.2 Å². The van der Waals surface area contributed by atoms with Gasteiger partial charge in [-0.05, 0) is 11.8 Å². The van der Waals surface area contributed by atoms with Crippen LogP contribution < -0.4 is 4.90 Å². The van der Waals surface area contributed by atoms with Gasteiger partial charge in [0.25, 0.3) is 0 Å². The second-order valence-corrected chi connectivity index (χ2v) is 5.39. The molecule has 7 nitrogen and oxygen atoms in total. The standard InChI is InChI=1S/C9H13N5O2S2/c1-12(2)7-6(14(15)16)8(11-5-10-7)18-9(17)13(3)4/h5H,1-4H3. The lowest BCUT2D eigenvalue weighted by Gasteiger charge is -2.14. The van der Waals surface area contributed by atoms with E-state index in [9.17, 15) is 10.1 Å². The number of aromatic nitrogens is 2. The third kappa shape index (κ3) is 3.26. The molecular formula is C9H13N5O2S2. The van der Waals surface area contributed by atoms with E-state index >= 15 is 0 Å². The summed E-state index contributed by atoms with van der Waals surface area (Å²) < 4.78 is 0.501. The van der Waals surface area contributed by atoms with E-state index in [1.807, 2.05) is 0 Å². The number of anilines is 1. The molecular weight excluding hydrogens is 274 g/mol. The van der Waals surface area contributed by atoms with Crippen LogP contribution in [-0.2, 0) is 0 Å². The predicted molar refractivity (Wildman–Crippen MR) is 75.2 cm³/mol. The van der Waals surface area contributed by atoms with Crippen molar-refractivity contribution >= 4 is 39.8 Å². The Kier molecular flexibility index (Phi) is 4.79. The Bertz CT molecular complexity index is 478. The van der Waals surface area contributed by atoms with Crippen molar-refractivity contribution in [3.63, 3.8) is 0 Å². The van der Waals surface area contributed by atoms with Gasteiger partial charge in [0, 0.05) is 28.2 Å². The number of hydrogen-bond donors (Lipinski definition) is 0. The Morgan fingerprint density at radius 3 is 2.44 bits per heavy atom. The van der Waals surface area contributed by atoms with Gasteiger partial charge in [0.05, 0.1) is 4.92 Å². The molecule has 98 valence electrons. The minimum absolute atomic E-state index is 0.128. The second-order valence-electron chi connectivity index (χ2n) is 3.76. The maximum absolute atomic E-state index is 11.1. The summed E-state index contributed by atoms with van der Waals surface area (Å²) >= 11 is 6.18. The number of nitro groups is 1. The highest BCUT2D eigenvalue weighted by molar-refractivity contribution is 8.22. The molecule has 18 heavy (non-hydrogen) atoms. The average Bonchev–Trinajstić information content (AvgIpc) is 2.27. The van der Waals surface area contributed by atoms with Gasteiger partial charge in [-0.25, -0.2) is 9.97 Å². The van der Waals surface area contributed by atoms with Gasteiger partial charge in [0.15, 0.2) is 5.03 Å². The lowest BCUT2D eigenvalue weighted by molar-refractivity contribution is -0.387. The van der Waals surface area contributed by atoms with E-state index in [-0.39, 0.29) is 16.5 Å². The number of nitrogens with zero attached hydrogens (tertiary/aromatic N) is 5. The minimum atomic E-state index is -0.490. The fourth-order valence-electron chi connectivity index (χ4n) is 1.09. The Morgan fingerprint density at radius 1 is 1.39 bits per heavy atom. The van der Waals surface area contributed by atoms with Gasteiger partial charge in [-0.2, -0.15) is 0 Å². The number of thiocarbonyl (C=S) groups is 1. The van der Waals surface area contributed by atoms with E-state index in [0.717, 1.165) is 11.8 Å². The molecule has 0 radical (unpaired) electrons. The molecule has 0 saturated heterocycles. The van der Waals surface area contributed by atoms with Crippen LogP contribution in [0, 0.1) is 10.1 Å². The van der Waals surface area contributed by atoms with E-state index in [1.165, 1.54) is 6.33 Å². The van der Waals surface area contributed by atoms with E-state index < -0.39 is 4.92 Å². The Balaban J connectivity index is 3.23. The van der Waals surface area contributed by atoms with Crippen LogP contribution in [0.15, 0.2) is 11.4 Å². The van der Waals surface area contributed by atoms with Crippen LogP contribution in [0.3, 0.4) is 0 Å². The number of hydrogen-bond acceptors (Lipinski definition) is 7. The van der Waals surface area contributed by atoms with Crippen molar-refractivity contribution < 1.29 is 4.92 Å². The zero-order chi connectivity index (χ0) is 13.9. The molecule has 0 spiro atoms. The second kappa shape index (κ2) is 5.91. The first-order chi connectivity index (χ1) is 8.34. The quantitative estimate of drug-likeness (QED) is 0.271. The third-order valence-electron chi connectivity index (χ3n) is 1.92. The van der Waals surface area contributed by atoms with Crippen molar-refractivity contribution in [3.8, 4) is 0 Å². The van der Waals surface area contributed by atoms with Gasteiger partial charge in [-0.3, -0.25) is 10.1 Å². The highest BCUT2D eigenvalue weighted by Crippen LogP contribution is 2.34. The molecule has 0 fully saturated rings. The summed E-state index contributed by atoms with van der Waals surface area (Å²) in [5, 5.41) is 11.4. The van der Waals surface area contributed by atoms with Crippen molar-refractivity contribution in [1.29, 1.82) is 0 Å². The molecule has 0 aromatic carbocycles. The van der Waals surface area contributed by atoms with Gasteiger partial charge < -0.3 is 9.80 Å². The fraction of sp³-hybridized carbons (Fsp3) is 0.444. The highest BCUT2D eigenvalue weighted by atomic mass is 32.2. The minimum Gasteiger partial charge on any atom is -0.363 e. The normalized spacial score (nSPS) is 10.0. The van der Waals surface area contributed by atoms with Crippen molar-refractivity contribution in [2.75, 3.05) is 33.1 Å². The lowest BCUT2D eigenvalue weighted by Crippen LogP contribution is -2.17. The molecule has 1 rings (SSSR count). The van der Waals surface area contributed by atoms with E-state index in [1.54, 1.807) is 38.0 Å². The molecule has 0 saturated carbocycles. The first-order valence-corrected chi connectivity index (χ1v) is 6.13. The summed E-state index contributed by atoms with van der Waals surface area (Å²) in [4.78, 5) is 21.8. The highest BCUT2D eigenvalue weighted by Gasteiger charge is 2.25. The molecule has 0 unspecified atom stereocenters. The van der Waals surface area contributed by atoms with E-state index in [0.29, 0.717) is 4.32 Å². The van der Waals surface area contributed by atoms with E-state index in [2.05, 4.69) is 9.97 Å². The predicted octanol–water partition coefficient (Wildman–Crippen LogP) is 1.39. The van der Waals surface area contributed by atoms with Gasteiger partial charge in [0.1, 0.15) is 10.6 Å². The van der Waals surface area contributed by atoms with Crippen LogP contribution in [0.5, 0.6) is 0 Å². The maximum atomic E-state index is 11.1. The fourth-order valence-corrected chi connectivity index (χ4v) is 2.04. The van der Waals surface area contributed by atoms with Crippen LogP contribution >= 0.6 is 24.0 Å². The average molecular weight is 287 g/mol. The summed E-state index contributed by atoms with van der Waals surface area (Å²) in [7, 11) is 6.92. The molecule has 0 aliphatic rings. The summed E-state index contributed by atoms with van der Waals surface area (Å²) in [6.07, 6.45) is 1.29. The van der Waals surface area contributed by atoms with Crippen molar-refractivity contribution in [1.82, 2.24) is 14.9 Å². The van der Waals surface area contributed by atoms with Crippen LogP contribution in [0.4, 0.5) is 11.5 Å². The molecule has 9 heteroatoms. The molecule has 0 aliphatic carbocycles. The smallest absolute Gasteiger partial charge is 0.343 e. The number of rotatable bonds is 3. The van der Waals surface area contributed by atoms with Crippen LogP contribution in [0.25, 0.3) is 0 Å². The van der Waals surface area contributed by atoms with Crippen LogP contribution in [0.1, 0.15) is 0 Å². The first kappa shape index (κ1) is 14.6. The summed E-state index contributed by atoms with van der Waals surface area (Å²) in [6, 6.07) is 0. The Hall–Kier alpha value is -1.48. The maximum Gasteiger partial charge on any atom is 0.343 e. The molecule has 1 aromatic heterocycles. The molecule has 0 aliphatic heterocycles. The Morgan fingerprint density at radius 2 is 2.00 bits per heavy atom. The monoisotopic (exact) mass is 287 g/mol. The first-order valence-electron chi connectivity index (χ1n) is 4.90. The van der Waals surface area contributed by atoms with Gasteiger partial charge in [-0.1, -0.05) is 12.2 Å². The topological polar surface area (TPSA) is 75.4 Å². The molecule has 1 aromatic rings. The van der Waals surface area contributed by atoms with Crippen molar-refractivity contribution in [2.24, 2.45) is 0 Å². The van der Waals surface area contributed by atoms with Crippen LogP contribution in [-0.4, -0.2) is 52.3 Å². The van der Waals surface area contributed by atoms with Crippen molar-refractivity contribution in [2.45, 2.75) is 5.03 Å². The molecule has 0 bridgehead atoms. The SMILES string of the molecule is CN(C)C(=S)Sc1ncnc(N(C)C)c1[N+](=O)[O-]. The van der Waals surface area contributed by atoms with Crippen molar-refractivity contribution in [3.05, 3.63) is 16.4 Å². The van der Waals surface area contributed by atoms with Gasteiger partial charge >= 0.3 is 5.69 Å². The molecule has 0 amide bonds. The summed E-state index contributed by atoms with van der Waals surface area (Å²) in [5.74, 6) is 0.263. The summed E-state index contributed by atoms with van der Waals surface area (Å²) in [6.45, 7) is 0. The third-order valence-corrected chi connectivity index (χ3v) is 3.57.